The van der Waals surface area contributed by atoms with E-state index in [1.165, 1.54) is 0 Å². The van der Waals surface area contributed by atoms with Crippen molar-refractivity contribution in [3.63, 3.8) is 0 Å². The lowest BCUT2D eigenvalue weighted by molar-refractivity contribution is -0.134. The van der Waals surface area contributed by atoms with Crippen LogP contribution < -0.4 is 0 Å². The molecule has 6 heteroatoms. The Morgan fingerprint density at radius 2 is 2.04 bits per heavy atom. The number of carbonyl (C=O) groups excluding carboxylic acids is 1. The fourth-order valence-corrected chi connectivity index (χ4v) is 3.43. The number of aryl methyl sites for hydroxylation is 1. The van der Waals surface area contributed by atoms with Gasteiger partial charge in [0.25, 0.3) is 0 Å². The van der Waals surface area contributed by atoms with Crippen LogP contribution in [0, 0.1) is 13.8 Å². The zero-order valence-corrected chi connectivity index (χ0v) is 15.0. The van der Waals surface area contributed by atoms with E-state index in [0.29, 0.717) is 19.8 Å². The number of carbonyl (C=O) groups is 1. The van der Waals surface area contributed by atoms with Crippen LogP contribution in [0.4, 0.5) is 0 Å². The second-order valence-electron chi connectivity index (χ2n) is 6.43. The number of amides is 1. The first kappa shape index (κ1) is 17.6. The van der Waals surface area contributed by atoms with Gasteiger partial charge in [0.05, 0.1) is 43.2 Å². The molecule has 0 unspecified atom stereocenters. The molecule has 134 valence electrons. The molecule has 1 aromatic heterocycles. The molecule has 25 heavy (non-hydrogen) atoms. The molecule has 1 fully saturated rings. The van der Waals surface area contributed by atoms with Crippen molar-refractivity contribution in [1.82, 2.24) is 14.7 Å². The third kappa shape index (κ3) is 3.45. The number of hydrogen-bond donors (Lipinski definition) is 1. The van der Waals surface area contributed by atoms with Gasteiger partial charge in [0.15, 0.2) is 0 Å². The number of rotatable bonds is 5. The summed E-state index contributed by atoms with van der Waals surface area (Å²) in [5, 5.41) is 14.6. The number of likely N-dealkylation sites (N-methyl/N-ethyl adjacent to an activating group) is 1. The summed E-state index contributed by atoms with van der Waals surface area (Å²) in [5.74, 6) is -0.00383. The van der Waals surface area contributed by atoms with Crippen LogP contribution in [-0.2, 0) is 16.0 Å². The number of hydrogen-bond acceptors (Lipinski definition) is 4. The van der Waals surface area contributed by atoms with Crippen LogP contribution in [0.3, 0.4) is 0 Å². The molecule has 1 N–H and O–H groups in total. The number of aliphatic hydroxyl groups excluding tert-OH is 1. The average Bonchev–Trinajstić information content (AvgIpc) is 3.15. The number of para-hydroxylation sites is 1. The highest BCUT2D eigenvalue weighted by atomic mass is 16.5. The van der Waals surface area contributed by atoms with E-state index in [4.69, 9.17) is 4.74 Å². The highest BCUT2D eigenvalue weighted by molar-refractivity contribution is 5.79. The van der Waals surface area contributed by atoms with Gasteiger partial charge in [-0.2, -0.15) is 5.10 Å². The monoisotopic (exact) mass is 343 g/mol. The molecule has 0 aliphatic carbocycles. The van der Waals surface area contributed by atoms with Gasteiger partial charge in [-0.1, -0.05) is 18.2 Å². The van der Waals surface area contributed by atoms with E-state index in [1.54, 1.807) is 4.90 Å². The summed E-state index contributed by atoms with van der Waals surface area (Å²) in [7, 11) is 0. The second kappa shape index (κ2) is 7.37. The Balaban J connectivity index is 1.83. The summed E-state index contributed by atoms with van der Waals surface area (Å²) in [6, 6.07) is 9.63. The Hall–Kier alpha value is -2.18. The third-order valence-corrected chi connectivity index (χ3v) is 4.85. The highest BCUT2D eigenvalue weighted by Gasteiger charge is 2.34. The van der Waals surface area contributed by atoms with Crippen molar-refractivity contribution in [3.8, 4) is 5.69 Å². The molecule has 1 aromatic carbocycles. The summed E-state index contributed by atoms with van der Waals surface area (Å²) in [4.78, 5) is 14.6. The minimum absolute atomic E-state index is 0.00383. The van der Waals surface area contributed by atoms with Gasteiger partial charge in [0.2, 0.25) is 5.91 Å². The van der Waals surface area contributed by atoms with Crippen molar-refractivity contribution in [2.45, 2.75) is 39.3 Å². The highest BCUT2D eigenvalue weighted by Crippen LogP contribution is 2.21. The fourth-order valence-electron chi connectivity index (χ4n) is 3.43. The quantitative estimate of drug-likeness (QED) is 0.896. The molecule has 0 spiro atoms. The molecule has 6 nitrogen and oxygen atoms in total. The molecule has 1 amide bonds. The predicted octanol–water partition coefficient (Wildman–Crippen LogP) is 1.64. The molecule has 0 bridgehead atoms. The first-order valence-electron chi connectivity index (χ1n) is 8.68. The van der Waals surface area contributed by atoms with E-state index >= 15 is 0 Å². The number of benzene rings is 1. The molecule has 0 radical (unpaired) electrons. The summed E-state index contributed by atoms with van der Waals surface area (Å²) in [6.45, 7) is 7.07. The zero-order valence-electron chi connectivity index (χ0n) is 15.0. The molecular formula is C19H25N3O3. The van der Waals surface area contributed by atoms with Gasteiger partial charge >= 0.3 is 0 Å². The Labute approximate surface area is 148 Å². The molecule has 0 saturated carbocycles. The van der Waals surface area contributed by atoms with E-state index in [1.807, 2.05) is 55.8 Å². The van der Waals surface area contributed by atoms with Crippen molar-refractivity contribution < 1.29 is 14.6 Å². The molecule has 1 aliphatic rings. The zero-order chi connectivity index (χ0) is 18.0. The normalized spacial score (nSPS) is 20.0. The van der Waals surface area contributed by atoms with Gasteiger partial charge in [-0.05, 0) is 32.9 Å². The smallest absolute Gasteiger partial charge is 0.227 e. The minimum atomic E-state index is -0.613. The van der Waals surface area contributed by atoms with Crippen molar-refractivity contribution >= 4 is 5.91 Å². The van der Waals surface area contributed by atoms with E-state index in [0.717, 1.165) is 22.6 Å². The van der Waals surface area contributed by atoms with Gasteiger partial charge < -0.3 is 14.7 Å². The lowest BCUT2D eigenvalue weighted by atomic mass is 10.1. The molecule has 2 heterocycles. The maximum Gasteiger partial charge on any atom is 0.227 e. The fraction of sp³-hybridized carbons (Fsp3) is 0.474. The largest absolute Gasteiger partial charge is 0.388 e. The molecule has 2 aromatic rings. The van der Waals surface area contributed by atoms with E-state index in [-0.39, 0.29) is 18.4 Å². The van der Waals surface area contributed by atoms with Crippen molar-refractivity contribution in [3.05, 3.63) is 47.3 Å². The van der Waals surface area contributed by atoms with Crippen LogP contribution in [0.25, 0.3) is 5.69 Å². The van der Waals surface area contributed by atoms with Gasteiger partial charge in [-0.3, -0.25) is 4.79 Å². The first-order valence-corrected chi connectivity index (χ1v) is 8.68. The summed E-state index contributed by atoms with van der Waals surface area (Å²) in [5.41, 5.74) is 3.75. The number of nitrogens with zero attached hydrogens (tertiary/aromatic N) is 3. The lowest BCUT2D eigenvalue weighted by Crippen LogP contribution is -2.47. The predicted molar refractivity (Wildman–Crippen MR) is 94.7 cm³/mol. The maximum atomic E-state index is 12.8. The Morgan fingerprint density at radius 3 is 2.64 bits per heavy atom. The lowest BCUT2D eigenvalue weighted by Gasteiger charge is -2.29. The summed E-state index contributed by atoms with van der Waals surface area (Å²) in [6.07, 6.45) is -0.334. The van der Waals surface area contributed by atoms with Crippen molar-refractivity contribution in [2.75, 3.05) is 19.8 Å². The Kier molecular flexibility index (Phi) is 5.20. The topological polar surface area (TPSA) is 67.6 Å². The summed E-state index contributed by atoms with van der Waals surface area (Å²) >= 11 is 0. The van der Waals surface area contributed by atoms with Crippen LogP contribution in [0.2, 0.25) is 0 Å². The van der Waals surface area contributed by atoms with Crippen LogP contribution in [-0.4, -0.2) is 57.6 Å². The standard InChI is InChI=1S/C19H25N3O3/c1-4-21(17-11-25-12-18(17)23)19(24)10-16-13(2)20-22(14(16)3)15-8-6-5-7-9-15/h5-9,17-18,23H,4,10-12H2,1-3H3/t17-,18-/m0/s1. The average molecular weight is 343 g/mol. The van der Waals surface area contributed by atoms with E-state index in [2.05, 4.69) is 5.10 Å². The van der Waals surface area contributed by atoms with Crippen LogP contribution in [0.5, 0.6) is 0 Å². The molecule has 3 rings (SSSR count). The van der Waals surface area contributed by atoms with Gasteiger partial charge in [0.1, 0.15) is 0 Å². The number of aromatic nitrogens is 2. The third-order valence-electron chi connectivity index (χ3n) is 4.85. The molecule has 2 atom stereocenters. The SMILES string of the molecule is CCN(C(=O)Cc1c(C)nn(-c2ccccc2)c1C)[C@H]1COC[C@@H]1O. The maximum absolute atomic E-state index is 12.8. The summed E-state index contributed by atoms with van der Waals surface area (Å²) < 4.78 is 7.18. The number of aliphatic hydroxyl groups is 1. The van der Waals surface area contributed by atoms with E-state index in [9.17, 15) is 9.90 Å². The van der Waals surface area contributed by atoms with Crippen LogP contribution >= 0.6 is 0 Å². The van der Waals surface area contributed by atoms with E-state index < -0.39 is 6.10 Å². The van der Waals surface area contributed by atoms with Gasteiger partial charge in [0, 0.05) is 17.8 Å². The van der Waals surface area contributed by atoms with Crippen LogP contribution in [0.1, 0.15) is 23.9 Å². The Bertz CT molecular complexity index is 742. The second-order valence-corrected chi connectivity index (χ2v) is 6.43. The van der Waals surface area contributed by atoms with Crippen molar-refractivity contribution in [2.24, 2.45) is 0 Å². The molecule has 1 aliphatic heterocycles. The molecule has 1 saturated heterocycles. The minimum Gasteiger partial charge on any atom is -0.388 e. The Morgan fingerprint density at radius 1 is 1.32 bits per heavy atom. The van der Waals surface area contributed by atoms with Crippen molar-refractivity contribution in [1.29, 1.82) is 0 Å². The van der Waals surface area contributed by atoms with Crippen LogP contribution in [0.15, 0.2) is 30.3 Å². The van der Waals surface area contributed by atoms with Gasteiger partial charge in [-0.25, -0.2) is 4.68 Å². The first-order chi connectivity index (χ1) is 12.0. The van der Waals surface area contributed by atoms with Gasteiger partial charge in [-0.15, -0.1) is 0 Å². The molecular weight excluding hydrogens is 318 g/mol. The number of ether oxygens (including phenoxy) is 1.